The Hall–Kier alpha value is -1.55. The number of aromatic nitrogens is 1. The van der Waals surface area contributed by atoms with Crippen molar-refractivity contribution in [2.24, 2.45) is 0 Å². The molecule has 2 N–H and O–H groups in total. The zero-order valence-corrected chi connectivity index (χ0v) is 11.0. The van der Waals surface area contributed by atoms with Gasteiger partial charge in [0.2, 0.25) is 0 Å². The number of halogens is 1. The summed E-state index contributed by atoms with van der Waals surface area (Å²) in [5.41, 5.74) is 2.74. The second kappa shape index (κ2) is 5.19. The topological polar surface area (TPSA) is 44.9 Å². The standard InChI is InChI=1S/C13H13BrN2O/c1-9-2-3-11(14)6-12(9)13(17)16-8-10-4-5-15-7-10/h2-7,15H,8H2,1H3,(H,16,17). The Labute approximate surface area is 108 Å². The molecule has 88 valence electrons. The third kappa shape index (κ3) is 2.97. The first-order valence-corrected chi connectivity index (χ1v) is 6.12. The van der Waals surface area contributed by atoms with Gasteiger partial charge in [-0.1, -0.05) is 22.0 Å². The Morgan fingerprint density at radius 3 is 2.94 bits per heavy atom. The van der Waals surface area contributed by atoms with Crippen LogP contribution >= 0.6 is 15.9 Å². The second-order valence-electron chi connectivity index (χ2n) is 3.86. The van der Waals surface area contributed by atoms with E-state index in [1.165, 1.54) is 0 Å². The number of carbonyl (C=O) groups excluding carboxylic acids is 1. The largest absolute Gasteiger partial charge is 0.367 e. The van der Waals surface area contributed by atoms with Crippen molar-refractivity contribution in [1.82, 2.24) is 10.3 Å². The number of amides is 1. The molecule has 0 atom stereocenters. The SMILES string of the molecule is Cc1ccc(Br)cc1C(=O)NCc1cc[nH]c1. The van der Waals surface area contributed by atoms with Crippen LogP contribution in [-0.2, 0) is 6.54 Å². The lowest BCUT2D eigenvalue weighted by atomic mass is 10.1. The van der Waals surface area contributed by atoms with Crippen LogP contribution in [0.15, 0.2) is 41.1 Å². The van der Waals surface area contributed by atoms with Gasteiger partial charge >= 0.3 is 0 Å². The van der Waals surface area contributed by atoms with Gasteiger partial charge in [-0.2, -0.15) is 0 Å². The predicted octanol–water partition coefficient (Wildman–Crippen LogP) is 3.02. The predicted molar refractivity (Wildman–Crippen MR) is 70.8 cm³/mol. The Bertz CT molecular complexity index is 520. The lowest BCUT2D eigenvalue weighted by Gasteiger charge is -2.07. The van der Waals surface area contributed by atoms with E-state index in [9.17, 15) is 4.79 Å². The molecule has 0 aliphatic rings. The van der Waals surface area contributed by atoms with Gasteiger partial charge in [-0.15, -0.1) is 0 Å². The fraction of sp³-hybridized carbons (Fsp3) is 0.154. The van der Waals surface area contributed by atoms with Gasteiger partial charge in [-0.05, 0) is 36.2 Å². The number of rotatable bonds is 3. The molecule has 0 bridgehead atoms. The molecule has 0 aliphatic carbocycles. The maximum absolute atomic E-state index is 12.0. The molecule has 1 aromatic heterocycles. The van der Waals surface area contributed by atoms with Crippen molar-refractivity contribution in [3.8, 4) is 0 Å². The number of nitrogens with one attached hydrogen (secondary N) is 2. The van der Waals surface area contributed by atoms with Gasteiger partial charge in [0.1, 0.15) is 0 Å². The third-order valence-electron chi connectivity index (χ3n) is 2.56. The summed E-state index contributed by atoms with van der Waals surface area (Å²) in [6, 6.07) is 7.63. The Kier molecular flexibility index (Phi) is 3.64. The van der Waals surface area contributed by atoms with Crippen molar-refractivity contribution in [3.05, 3.63) is 57.8 Å². The number of aromatic amines is 1. The van der Waals surface area contributed by atoms with Crippen LogP contribution in [0.1, 0.15) is 21.5 Å². The normalized spacial score (nSPS) is 10.2. The smallest absolute Gasteiger partial charge is 0.251 e. The van der Waals surface area contributed by atoms with Crippen LogP contribution < -0.4 is 5.32 Å². The molecular formula is C13H13BrN2O. The van der Waals surface area contributed by atoms with E-state index in [1.807, 2.05) is 43.6 Å². The fourth-order valence-electron chi connectivity index (χ4n) is 1.58. The van der Waals surface area contributed by atoms with Crippen molar-refractivity contribution in [3.63, 3.8) is 0 Å². The maximum atomic E-state index is 12.0. The Balaban J connectivity index is 2.07. The monoisotopic (exact) mass is 292 g/mol. The molecule has 2 aromatic rings. The summed E-state index contributed by atoms with van der Waals surface area (Å²) in [5.74, 6) is -0.0509. The van der Waals surface area contributed by atoms with Crippen molar-refractivity contribution >= 4 is 21.8 Å². The molecule has 0 unspecified atom stereocenters. The Morgan fingerprint density at radius 2 is 2.24 bits per heavy atom. The number of carbonyl (C=O) groups is 1. The van der Waals surface area contributed by atoms with Gasteiger partial charge in [0.15, 0.2) is 0 Å². The van der Waals surface area contributed by atoms with Crippen LogP contribution in [0.3, 0.4) is 0 Å². The molecule has 0 spiro atoms. The molecular weight excluding hydrogens is 280 g/mol. The molecule has 2 rings (SSSR count). The van der Waals surface area contributed by atoms with Crippen LogP contribution in [0.5, 0.6) is 0 Å². The zero-order valence-electron chi connectivity index (χ0n) is 9.46. The lowest BCUT2D eigenvalue weighted by Crippen LogP contribution is -2.23. The molecule has 0 radical (unpaired) electrons. The minimum atomic E-state index is -0.0509. The molecule has 3 nitrogen and oxygen atoms in total. The number of H-pyrrole nitrogens is 1. The minimum absolute atomic E-state index is 0.0509. The molecule has 0 fully saturated rings. The quantitative estimate of drug-likeness (QED) is 0.897. The van der Waals surface area contributed by atoms with E-state index in [0.717, 1.165) is 15.6 Å². The van der Waals surface area contributed by atoms with E-state index in [4.69, 9.17) is 0 Å². The molecule has 0 saturated heterocycles. The van der Waals surface area contributed by atoms with E-state index < -0.39 is 0 Å². The molecule has 0 saturated carbocycles. The summed E-state index contributed by atoms with van der Waals surface area (Å²) in [6.07, 6.45) is 3.71. The van der Waals surface area contributed by atoms with Crippen molar-refractivity contribution in [2.75, 3.05) is 0 Å². The summed E-state index contributed by atoms with van der Waals surface area (Å²) in [6.45, 7) is 2.46. The Morgan fingerprint density at radius 1 is 1.41 bits per heavy atom. The van der Waals surface area contributed by atoms with E-state index in [-0.39, 0.29) is 5.91 Å². The second-order valence-corrected chi connectivity index (χ2v) is 4.78. The summed E-state index contributed by atoms with van der Waals surface area (Å²) < 4.78 is 0.912. The highest BCUT2D eigenvalue weighted by Crippen LogP contribution is 2.16. The van der Waals surface area contributed by atoms with Crippen LogP contribution in [-0.4, -0.2) is 10.9 Å². The van der Waals surface area contributed by atoms with E-state index >= 15 is 0 Å². The molecule has 17 heavy (non-hydrogen) atoms. The average molecular weight is 293 g/mol. The molecule has 1 heterocycles. The van der Waals surface area contributed by atoms with Crippen LogP contribution in [0.25, 0.3) is 0 Å². The summed E-state index contributed by atoms with van der Waals surface area (Å²) in [5, 5.41) is 2.89. The molecule has 1 aromatic carbocycles. The highest BCUT2D eigenvalue weighted by molar-refractivity contribution is 9.10. The summed E-state index contributed by atoms with van der Waals surface area (Å²) in [7, 11) is 0. The molecule has 4 heteroatoms. The number of benzene rings is 1. The molecule has 0 aliphatic heterocycles. The van der Waals surface area contributed by atoms with Gasteiger partial charge in [-0.3, -0.25) is 4.79 Å². The van der Waals surface area contributed by atoms with Gasteiger partial charge in [0.05, 0.1) is 0 Å². The van der Waals surface area contributed by atoms with Crippen LogP contribution in [0, 0.1) is 6.92 Å². The highest BCUT2D eigenvalue weighted by atomic mass is 79.9. The maximum Gasteiger partial charge on any atom is 0.251 e. The number of hydrogen-bond acceptors (Lipinski definition) is 1. The van der Waals surface area contributed by atoms with Crippen molar-refractivity contribution in [2.45, 2.75) is 13.5 Å². The van der Waals surface area contributed by atoms with Crippen LogP contribution in [0.2, 0.25) is 0 Å². The summed E-state index contributed by atoms with van der Waals surface area (Å²) in [4.78, 5) is 14.9. The zero-order chi connectivity index (χ0) is 12.3. The fourth-order valence-corrected chi connectivity index (χ4v) is 1.95. The van der Waals surface area contributed by atoms with E-state index in [2.05, 4.69) is 26.2 Å². The first-order valence-electron chi connectivity index (χ1n) is 5.33. The first kappa shape index (κ1) is 11.9. The van der Waals surface area contributed by atoms with Crippen LogP contribution in [0.4, 0.5) is 0 Å². The van der Waals surface area contributed by atoms with Gasteiger partial charge in [0, 0.05) is 29.0 Å². The van der Waals surface area contributed by atoms with E-state index in [0.29, 0.717) is 12.1 Å². The number of hydrogen-bond donors (Lipinski definition) is 2. The van der Waals surface area contributed by atoms with Crippen molar-refractivity contribution < 1.29 is 4.79 Å². The highest BCUT2D eigenvalue weighted by Gasteiger charge is 2.08. The summed E-state index contributed by atoms with van der Waals surface area (Å²) >= 11 is 3.37. The number of aryl methyl sites for hydroxylation is 1. The van der Waals surface area contributed by atoms with Crippen molar-refractivity contribution in [1.29, 1.82) is 0 Å². The van der Waals surface area contributed by atoms with Gasteiger partial charge in [0.25, 0.3) is 5.91 Å². The minimum Gasteiger partial charge on any atom is -0.367 e. The lowest BCUT2D eigenvalue weighted by molar-refractivity contribution is 0.0950. The average Bonchev–Trinajstić information content (AvgIpc) is 2.82. The van der Waals surface area contributed by atoms with E-state index in [1.54, 1.807) is 0 Å². The third-order valence-corrected chi connectivity index (χ3v) is 3.05. The van der Waals surface area contributed by atoms with Gasteiger partial charge in [-0.25, -0.2) is 0 Å². The first-order chi connectivity index (χ1) is 8.16. The van der Waals surface area contributed by atoms with Gasteiger partial charge < -0.3 is 10.3 Å². The molecule has 1 amide bonds.